The van der Waals surface area contributed by atoms with Gasteiger partial charge in [-0.05, 0) is 42.7 Å². The first-order valence-corrected chi connectivity index (χ1v) is 9.92. The number of carbonyl (C=O) groups excluding carboxylic acids is 1. The van der Waals surface area contributed by atoms with Gasteiger partial charge in [0.2, 0.25) is 0 Å². The molecule has 8 nitrogen and oxygen atoms in total. The molecule has 0 spiro atoms. The highest BCUT2D eigenvalue weighted by Crippen LogP contribution is 2.34. The summed E-state index contributed by atoms with van der Waals surface area (Å²) in [6.07, 6.45) is 0.827. The number of rotatable bonds is 7. The molecule has 1 N–H and O–H groups in total. The SMILES string of the molecule is Cc1cc(OCC(=O)N[C@@H](c2ccc3c(c2)OCCCO3)C(C)C)ccc1[N+](=O)[O-]. The van der Waals surface area contributed by atoms with Gasteiger partial charge in [-0.15, -0.1) is 0 Å². The Balaban J connectivity index is 1.65. The Kier molecular flexibility index (Phi) is 6.76. The number of nitro benzene ring substituents is 1. The number of carbonyl (C=O) groups is 1. The van der Waals surface area contributed by atoms with Crippen molar-refractivity contribution in [3.8, 4) is 17.2 Å². The molecular weight excluding hydrogens is 388 g/mol. The number of benzene rings is 2. The van der Waals surface area contributed by atoms with Gasteiger partial charge in [-0.2, -0.15) is 0 Å². The van der Waals surface area contributed by atoms with Gasteiger partial charge in [0.05, 0.1) is 24.2 Å². The predicted molar refractivity (Wildman–Crippen MR) is 111 cm³/mol. The van der Waals surface area contributed by atoms with Crippen LogP contribution in [0.5, 0.6) is 17.2 Å². The van der Waals surface area contributed by atoms with Crippen molar-refractivity contribution < 1.29 is 23.9 Å². The Bertz CT molecular complexity index is 928. The predicted octanol–water partition coefficient (Wildman–Crippen LogP) is 3.96. The van der Waals surface area contributed by atoms with Crippen LogP contribution < -0.4 is 19.5 Å². The van der Waals surface area contributed by atoms with Crippen molar-refractivity contribution >= 4 is 11.6 Å². The van der Waals surface area contributed by atoms with Gasteiger partial charge in [-0.3, -0.25) is 14.9 Å². The number of amides is 1. The van der Waals surface area contributed by atoms with Crippen molar-refractivity contribution in [2.24, 2.45) is 5.92 Å². The van der Waals surface area contributed by atoms with Gasteiger partial charge >= 0.3 is 0 Å². The Morgan fingerprint density at radius 3 is 2.57 bits per heavy atom. The standard InChI is InChI=1S/C22H26N2O6/c1-14(2)22(16-5-8-19-20(12-16)29-10-4-9-28-19)23-21(25)13-30-17-6-7-18(24(26)27)15(3)11-17/h5-8,11-12,14,22H,4,9-10,13H2,1-3H3,(H,23,25)/t22-/m1/s1. The molecule has 0 unspecified atom stereocenters. The number of ether oxygens (including phenoxy) is 3. The number of fused-ring (bicyclic) bond motifs is 1. The Morgan fingerprint density at radius 1 is 1.17 bits per heavy atom. The molecule has 8 heteroatoms. The van der Waals surface area contributed by atoms with Crippen molar-refractivity contribution in [1.82, 2.24) is 5.32 Å². The quantitative estimate of drug-likeness (QED) is 0.544. The Labute approximate surface area is 175 Å². The fourth-order valence-corrected chi connectivity index (χ4v) is 3.29. The van der Waals surface area contributed by atoms with Crippen LogP contribution in [0.2, 0.25) is 0 Å². The molecule has 2 aromatic rings. The summed E-state index contributed by atoms with van der Waals surface area (Å²) in [5.74, 6) is 1.66. The van der Waals surface area contributed by atoms with Gasteiger partial charge in [0.25, 0.3) is 11.6 Å². The molecule has 0 radical (unpaired) electrons. The molecule has 1 atom stereocenters. The molecule has 0 aromatic heterocycles. The van der Waals surface area contributed by atoms with Crippen molar-refractivity contribution in [3.05, 3.63) is 57.6 Å². The van der Waals surface area contributed by atoms with Crippen LogP contribution in [0, 0.1) is 23.0 Å². The summed E-state index contributed by atoms with van der Waals surface area (Å²) in [6.45, 7) is 6.70. The molecule has 30 heavy (non-hydrogen) atoms. The van der Waals surface area contributed by atoms with Crippen LogP contribution in [0.25, 0.3) is 0 Å². The summed E-state index contributed by atoms with van der Waals surface area (Å²) < 4.78 is 17.0. The number of nitrogens with zero attached hydrogens (tertiary/aromatic N) is 1. The molecule has 2 aromatic carbocycles. The summed E-state index contributed by atoms with van der Waals surface area (Å²) in [5, 5.41) is 13.9. The zero-order valence-corrected chi connectivity index (χ0v) is 17.3. The third-order valence-corrected chi connectivity index (χ3v) is 4.85. The third-order valence-electron chi connectivity index (χ3n) is 4.85. The fraction of sp³-hybridized carbons (Fsp3) is 0.409. The lowest BCUT2D eigenvalue weighted by molar-refractivity contribution is -0.385. The second-order valence-electron chi connectivity index (χ2n) is 7.54. The molecule has 160 valence electrons. The lowest BCUT2D eigenvalue weighted by Gasteiger charge is -2.24. The highest BCUT2D eigenvalue weighted by atomic mass is 16.6. The van der Waals surface area contributed by atoms with E-state index in [-0.39, 0.29) is 30.2 Å². The molecule has 3 rings (SSSR count). The highest BCUT2D eigenvalue weighted by molar-refractivity contribution is 5.78. The summed E-state index contributed by atoms with van der Waals surface area (Å²) >= 11 is 0. The maximum Gasteiger partial charge on any atom is 0.272 e. The fourth-order valence-electron chi connectivity index (χ4n) is 3.29. The van der Waals surface area contributed by atoms with Gasteiger partial charge < -0.3 is 19.5 Å². The molecule has 0 bridgehead atoms. The minimum absolute atomic E-state index is 0.0149. The minimum Gasteiger partial charge on any atom is -0.490 e. The molecule has 1 heterocycles. The van der Waals surface area contributed by atoms with E-state index in [2.05, 4.69) is 5.32 Å². The Hall–Kier alpha value is -3.29. The van der Waals surface area contributed by atoms with Gasteiger partial charge in [0, 0.05) is 18.1 Å². The van der Waals surface area contributed by atoms with Crippen molar-refractivity contribution in [2.75, 3.05) is 19.8 Å². The van der Waals surface area contributed by atoms with Crippen LogP contribution in [-0.4, -0.2) is 30.7 Å². The lowest BCUT2D eigenvalue weighted by atomic mass is 9.95. The van der Waals surface area contributed by atoms with E-state index in [1.165, 1.54) is 12.1 Å². The van der Waals surface area contributed by atoms with Gasteiger partial charge in [-0.1, -0.05) is 19.9 Å². The average molecular weight is 414 g/mol. The zero-order chi connectivity index (χ0) is 21.7. The maximum absolute atomic E-state index is 12.5. The number of nitrogens with one attached hydrogen (secondary N) is 1. The van der Waals surface area contributed by atoms with E-state index in [1.54, 1.807) is 13.0 Å². The van der Waals surface area contributed by atoms with E-state index in [1.807, 2.05) is 32.0 Å². The summed E-state index contributed by atoms with van der Waals surface area (Å²) in [7, 11) is 0. The van der Waals surface area contributed by atoms with Crippen LogP contribution in [0.4, 0.5) is 5.69 Å². The lowest BCUT2D eigenvalue weighted by Crippen LogP contribution is -2.35. The molecular formula is C22H26N2O6. The van der Waals surface area contributed by atoms with E-state index in [0.29, 0.717) is 36.0 Å². The summed E-state index contributed by atoms with van der Waals surface area (Å²) in [6, 6.07) is 9.89. The molecule has 0 saturated heterocycles. The van der Waals surface area contributed by atoms with E-state index in [0.717, 1.165) is 12.0 Å². The van der Waals surface area contributed by atoms with E-state index in [9.17, 15) is 14.9 Å². The number of hydrogen-bond donors (Lipinski definition) is 1. The van der Waals surface area contributed by atoms with Gasteiger partial charge in [0.15, 0.2) is 18.1 Å². The first kappa shape index (κ1) is 21.4. The van der Waals surface area contributed by atoms with Crippen LogP contribution in [0.3, 0.4) is 0 Å². The highest BCUT2D eigenvalue weighted by Gasteiger charge is 2.21. The number of hydrogen-bond acceptors (Lipinski definition) is 6. The first-order valence-electron chi connectivity index (χ1n) is 9.92. The largest absolute Gasteiger partial charge is 0.490 e. The van der Waals surface area contributed by atoms with Crippen LogP contribution in [0.15, 0.2) is 36.4 Å². The summed E-state index contributed by atoms with van der Waals surface area (Å²) in [4.78, 5) is 23.0. The Morgan fingerprint density at radius 2 is 1.90 bits per heavy atom. The molecule has 1 amide bonds. The first-order chi connectivity index (χ1) is 14.3. The number of nitro groups is 1. The molecule has 0 aliphatic carbocycles. The molecule has 0 saturated carbocycles. The molecule has 1 aliphatic rings. The second-order valence-corrected chi connectivity index (χ2v) is 7.54. The zero-order valence-electron chi connectivity index (χ0n) is 17.3. The number of aryl methyl sites for hydroxylation is 1. The smallest absolute Gasteiger partial charge is 0.272 e. The van der Waals surface area contributed by atoms with E-state index < -0.39 is 4.92 Å². The molecule has 1 aliphatic heterocycles. The van der Waals surface area contributed by atoms with Crippen LogP contribution >= 0.6 is 0 Å². The van der Waals surface area contributed by atoms with Crippen molar-refractivity contribution in [3.63, 3.8) is 0 Å². The minimum atomic E-state index is -0.450. The van der Waals surface area contributed by atoms with E-state index in [4.69, 9.17) is 14.2 Å². The normalized spacial score (nSPS) is 14.0. The molecule has 0 fully saturated rings. The third kappa shape index (κ3) is 5.20. The van der Waals surface area contributed by atoms with Crippen molar-refractivity contribution in [1.29, 1.82) is 0 Å². The van der Waals surface area contributed by atoms with Crippen LogP contribution in [0.1, 0.15) is 37.4 Å². The van der Waals surface area contributed by atoms with Crippen LogP contribution in [-0.2, 0) is 4.79 Å². The topological polar surface area (TPSA) is 99.9 Å². The van der Waals surface area contributed by atoms with E-state index >= 15 is 0 Å². The monoisotopic (exact) mass is 414 g/mol. The average Bonchev–Trinajstić information content (AvgIpc) is 2.94. The second kappa shape index (κ2) is 9.47. The van der Waals surface area contributed by atoms with Gasteiger partial charge in [0.1, 0.15) is 5.75 Å². The van der Waals surface area contributed by atoms with Gasteiger partial charge in [-0.25, -0.2) is 0 Å². The van der Waals surface area contributed by atoms with Crippen molar-refractivity contribution in [2.45, 2.75) is 33.2 Å². The summed E-state index contributed by atoms with van der Waals surface area (Å²) in [5.41, 5.74) is 1.42. The maximum atomic E-state index is 12.5.